The third-order valence-corrected chi connectivity index (χ3v) is 3.94. The number of anilines is 1. The van der Waals surface area contributed by atoms with Gasteiger partial charge in [-0.1, -0.05) is 18.5 Å². The predicted molar refractivity (Wildman–Crippen MR) is 71.9 cm³/mol. The Bertz CT molecular complexity index is 697. The van der Waals surface area contributed by atoms with E-state index in [-0.39, 0.29) is 16.5 Å². The first-order chi connectivity index (χ1) is 8.92. The monoisotopic (exact) mass is 301 g/mol. The van der Waals surface area contributed by atoms with Gasteiger partial charge in [-0.05, 0) is 12.1 Å². The van der Waals surface area contributed by atoms with Crippen LogP contribution in [0.2, 0.25) is 5.02 Å². The zero-order valence-corrected chi connectivity index (χ0v) is 11.6. The van der Waals surface area contributed by atoms with Crippen molar-refractivity contribution in [3.05, 3.63) is 35.2 Å². The number of hydrogen-bond acceptors (Lipinski definition) is 4. The average molecular weight is 302 g/mol. The molecule has 0 radical (unpaired) electrons. The Morgan fingerprint density at radius 3 is 2.79 bits per heavy atom. The van der Waals surface area contributed by atoms with Crippen LogP contribution in [0.25, 0.3) is 0 Å². The van der Waals surface area contributed by atoms with E-state index in [2.05, 4.69) is 14.7 Å². The van der Waals surface area contributed by atoms with Crippen molar-refractivity contribution in [3.8, 4) is 5.75 Å². The Hall–Kier alpha value is -1.73. The number of phenolic OH excluding ortho intramolecular Hbond substituents is 1. The van der Waals surface area contributed by atoms with Crippen molar-refractivity contribution in [2.24, 2.45) is 0 Å². The van der Waals surface area contributed by atoms with Gasteiger partial charge in [-0.2, -0.15) is 8.42 Å². The number of nitrogens with one attached hydrogen (secondary N) is 2. The highest BCUT2D eigenvalue weighted by Gasteiger charge is 2.18. The molecule has 8 heteroatoms. The summed E-state index contributed by atoms with van der Waals surface area (Å²) in [4.78, 5) is 6.61. The molecular formula is C11H12ClN3O3S. The number of benzene rings is 1. The van der Waals surface area contributed by atoms with Gasteiger partial charge in [-0.15, -0.1) is 0 Å². The molecule has 0 unspecified atom stereocenters. The lowest BCUT2D eigenvalue weighted by molar-refractivity contribution is 0.477. The molecule has 2 aromatic rings. The summed E-state index contributed by atoms with van der Waals surface area (Å²) in [6, 6.07) is 4.11. The number of hydrogen-bond donors (Lipinski definition) is 3. The summed E-state index contributed by atoms with van der Waals surface area (Å²) in [6.07, 6.45) is 1.83. The topological polar surface area (TPSA) is 95.1 Å². The second-order valence-electron chi connectivity index (χ2n) is 3.81. The van der Waals surface area contributed by atoms with E-state index in [1.807, 2.05) is 6.92 Å². The fourth-order valence-electron chi connectivity index (χ4n) is 1.45. The Morgan fingerprint density at radius 1 is 1.47 bits per heavy atom. The molecule has 3 N–H and O–H groups in total. The highest BCUT2D eigenvalue weighted by molar-refractivity contribution is 7.92. The molecule has 0 atom stereocenters. The minimum absolute atomic E-state index is 0.0528. The first kappa shape index (κ1) is 13.7. The van der Waals surface area contributed by atoms with Crippen molar-refractivity contribution in [3.63, 3.8) is 0 Å². The first-order valence-corrected chi connectivity index (χ1v) is 7.33. The van der Waals surface area contributed by atoms with Gasteiger partial charge in [0.2, 0.25) is 0 Å². The summed E-state index contributed by atoms with van der Waals surface area (Å²) in [5.41, 5.74) is 0.0528. The van der Waals surface area contributed by atoms with Gasteiger partial charge in [0.1, 0.15) is 11.6 Å². The molecule has 1 heterocycles. The first-order valence-electron chi connectivity index (χ1n) is 5.47. The van der Waals surface area contributed by atoms with Gasteiger partial charge in [0.25, 0.3) is 10.0 Å². The minimum Gasteiger partial charge on any atom is -0.506 e. The number of phenols is 1. The molecular weight excluding hydrogens is 290 g/mol. The largest absolute Gasteiger partial charge is 0.506 e. The molecule has 6 nitrogen and oxygen atoms in total. The SMILES string of the molecule is CCc1ncc(S(=O)(=O)Nc2ccc(Cl)cc2O)[nH]1. The summed E-state index contributed by atoms with van der Waals surface area (Å²) in [7, 11) is -3.81. The van der Waals surface area contributed by atoms with E-state index in [0.29, 0.717) is 17.3 Å². The third kappa shape index (κ3) is 2.99. The number of aromatic hydroxyl groups is 1. The number of aromatic amines is 1. The number of imidazole rings is 1. The molecule has 0 spiro atoms. The second kappa shape index (κ2) is 5.10. The van der Waals surface area contributed by atoms with Gasteiger partial charge >= 0.3 is 0 Å². The molecule has 0 saturated heterocycles. The summed E-state index contributed by atoms with van der Waals surface area (Å²) in [6.45, 7) is 1.85. The van der Waals surface area contributed by atoms with Crippen LogP contribution < -0.4 is 4.72 Å². The smallest absolute Gasteiger partial charge is 0.279 e. The fourth-order valence-corrected chi connectivity index (χ4v) is 2.63. The van der Waals surface area contributed by atoms with Gasteiger partial charge in [0.15, 0.2) is 5.03 Å². The lowest BCUT2D eigenvalue weighted by Gasteiger charge is -2.08. The number of nitrogens with zero attached hydrogens (tertiary/aromatic N) is 1. The minimum atomic E-state index is -3.81. The molecule has 0 saturated carbocycles. The molecule has 0 aliphatic carbocycles. The van der Waals surface area contributed by atoms with Gasteiger partial charge in [-0.25, -0.2) is 4.98 Å². The van der Waals surface area contributed by atoms with Crippen LogP contribution in [0.3, 0.4) is 0 Å². The molecule has 0 aliphatic heterocycles. The van der Waals surface area contributed by atoms with Crippen LogP contribution in [0.1, 0.15) is 12.7 Å². The van der Waals surface area contributed by atoms with Crippen LogP contribution in [0.5, 0.6) is 5.75 Å². The highest BCUT2D eigenvalue weighted by atomic mass is 35.5. The standard InChI is InChI=1S/C11H12ClN3O3S/c1-2-10-13-6-11(14-10)19(17,18)15-8-4-3-7(12)5-9(8)16/h3-6,15-16H,2H2,1H3,(H,13,14). The Balaban J connectivity index is 2.30. The van der Waals surface area contributed by atoms with E-state index in [0.717, 1.165) is 0 Å². The number of sulfonamides is 1. The van der Waals surface area contributed by atoms with Crippen molar-refractivity contribution in [2.75, 3.05) is 4.72 Å². The van der Waals surface area contributed by atoms with Gasteiger partial charge < -0.3 is 10.1 Å². The highest BCUT2D eigenvalue weighted by Crippen LogP contribution is 2.28. The number of aryl methyl sites for hydroxylation is 1. The third-order valence-electron chi connectivity index (χ3n) is 2.43. The second-order valence-corrected chi connectivity index (χ2v) is 5.90. The molecule has 102 valence electrons. The number of rotatable bonds is 4. The van der Waals surface area contributed by atoms with E-state index in [1.54, 1.807) is 0 Å². The molecule has 0 fully saturated rings. The summed E-state index contributed by atoms with van der Waals surface area (Å²) in [5, 5.41) is 9.87. The molecule has 0 amide bonds. The van der Waals surface area contributed by atoms with Crippen LogP contribution >= 0.6 is 11.6 Å². The maximum atomic E-state index is 12.0. The number of aromatic nitrogens is 2. The van der Waals surface area contributed by atoms with Crippen LogP contribution in [0, 0.1) is 0 Å². The Labute approximate surface area is 115 Å². The van der Waals surface area contributed by atoms with E-state index in [4.69, 9.17) is 11.6 Å². The average Bonchev–Trinajstić information content (AvgIpc) is 2.82. The lowest BCUT2D eigenvalue weighted by Crippen LogP contribution is -2.13. The quantitative estimate of drug-likeness (QED) is 0.754. The van der Waals surface area contributed by atoms with Crippen molar-refractivity contribution >= 4 is 27.3 Å². The zero-order chi connectivity index (χ0) is 14.0. The van der Waals surface area contributed by atoms with Gasteiger partial charge in [0.05, 0.1) is 11.9 Å². The van der Waals surface area contributed by atoms with Crippen molar-refractivity contribution in [1.82, 2.24) is 9.97 Å². The molecule has 2 rings (SSSR count). The molecule has 1 aromatic carbocycles. The molecule has 19 heavy (non-hydrogen) atoms. The summed E-state index contributed by atoms with van der Waals surface area (Å²) in [5.74, 6) is 0.326. The van der Waals surface area contributed by atoms with Crippen molar-refractivity contribution < 1.29 is 13.5 Å². The van der Waals surface area contributed by atoms with Gasteiger partial charge in [-0.3, -0.25) is 4.72 Å². The summed E-state index contributed by atoms with van der Waals surface area (Å²) < 4.78 is 26.3. The van der Waals surface area contributed by atoms with Gasteiger partial charge in [0, 0.05) is 17.5 Å². The number of halogens is 1. The lowest BCUT2D eigenvalue weighted by atomic mass is 10.3. The van der Waals surface area contributed by atoms with E-state index >= 15 is 0 Å². The molecule has 0 bridgehead atoms. The summed E-state index contributed by atoms with van der Waals surface area (Å²) >= 11 is 5.67. The normalized spacial score (nSPS) is 11.5. The van der Waals surface area contributed by atoms with Crippen LogP contribution in [-0.2, 0) is 16.4 Å². The van der Waals surface area contributed by atoms with E-state index in [1.165, 1.54) is 24.4 Å². The number of H-pyrrole nitrogens is 1. The fraction of sp³-hybridized carbons (Fsp3) is 0.182. The zero-order valence-electron chi connectivity index (χ0n) is 10.0. The Kier molecular flexibility index (Phi) is 3.68. The van der Waals surface area contributed by atoms with E-state index in [9.17, 15) is 13.5 Å². The molecule has 0 aliphatic rings. The van der Waals surface area contributed by atoms with Crippen LogP contribution in [0.4, 0.5) is 5.69 Å². The van der Waals surface area contributed by atoms with E-state index < -0.39 is 10.0 Å². The maximum absolute atomic E-state index is 12.0. The van der Waals surface area contributed by atoms with Crippen molar-refractivity contribution in [1.29, 1.82) is 0 Å². The Morgan fingerprint density at radius 2 is 2.21 bits per heavy atom. The van der Waals surface area contributed by atoms with Crippen LogP contribution in [0.15, 0.2) is 29.4 Å². The van der Waals surface area contributed by atoms with Crippen molar-refractivity contribution in [2.45, 2.75) is 18.4 Å². The van der Waals surface area contributed by atoms with Crippen LogP contribution in [-0.4, -0.2) is 23.5 Å². The molecule has 1 aromatic heterocycles. The predicted octanol–water partition coefficient (Wildman–Crippen LogP) is 2.13. The maximum Gasteiger partial charge on any atom is 0.279 e.